The molecule has 0 radical (unpaired) electrons. The Bertz CT molecular complexity index is 867. The molecular formula is C26H30N2O3. The highest BCUT2D eigenvalue weighted by atomic mass is 16.5. The zero-order chi connectivity index (χ0) is 21.3. The van der Waals surface area contributed by atoms with E-state index in [1.165, 1.54) is 19.3 Å². The van der Waals surface area contributed by atoms with E-state index in [0.717, 1.165) is 30.0 Å². The molecule has 1 amide bonds. The first-order chi connectivity index (χ1) is 15.3. The molecule has 162 valence electrons. The topological polar surface area (TPSA) is 54.7 Å². The van der Waals surface area contributed by atoms with Gasteiger partial charge in [0.2, 0.25) is 5.91 Å². The molecule has 1 fully saturated rings. The lowest BCUT2D eigenvalue weighted by Gasteiger charge is -2.33. The van der Waals surface area contributed by atoms with E-state index in [-0.39, 0.29) is 24.7 Å². The maximum absolute atomic E-state index is 12.7. The molecule has 1 aromatic heterocycles. The van der Waals surface area contributed by atoms with Crippen LogP contribution in [0.15, 0.2) is 83.5 Å². The first kappa shape index (κ1) is 21.3. The van der Waals surface area contributed by atoms with E-state index < -0.39 is 0 Å². The minimum absolute atomic E-state index is 0.000665. The van der Waals surface area contributed by atoms with Crippen molar-refractivity contribution in [3.05, 3.63) is 95.9 Å². The lowest BCUT2D eigenvalue weighted by Crippen LogP contribution is -2.41. The minimum Gasteiger partial charge on any atom is -0.468 e. The lowest BCUT2D eigenvalue weighted by atomic mass is 10.0. The van der Waals surface area contributed by atoms with Crippen LogP contribution in [0.25, 0.3) is 0 Å². The summed E-state index contributed by atoms with van der Waals surface area (Å²) in [4.78, 5) is 15.1. The van der Waals surface area contributed by atoms with Crippen molar-refractivity contribution in [1.82, 2.24) is 10.2 Å². The number of hydrogen-bond acceptors (Lipinski definition) is 4. The quantitative estimate of drug-likeness (QED) is 0.546. The van der Waals surface area contributed by atoms with Crippen LogP contribution in [0, 0.1) is 0 Å². The molecule has 0 saturated carbocycles. The Morgan fingerprint density at radius 3 is 2.13 bits per heavy atom. The number of furan rings is 1. The van der Waals surface area contributed by atoms with Gasteiger partial charge in [0, 0.05) is 6.54 Å². The lowest BCUT2D eigenvalue weighted by molar-refractivity contribution is -0.127. The standard InChI is InChI=1S/C26H30N2O3/c29-25(27-19-23(24-15-10-18-30-24)28-16-8-3-9-17-28)20-31-26(21-11-4-1-5-12-21)22-13-6-2-7-14-22/h1-2,4-7,10-15,18,23,26H,3,8-9,16-17,19-20H2,(H,27,29). The zero-order valence-electron chi connectivity index (χ0n) is 17.8. The molecule has 1 N–H and O–H groups in total. The SMILES string of the molecule is O=C(COC(c1ccccc1)c1ccccc1)NCC(c1ccco1)N1CCCCC1. The molecule has 1 saturated heterocycles. The molecule has 0 spiro atoms. The zero-order valence-corrected chi connectivity index (χ0v) is 17.8. The monoisotopic (exact) mass is 418 g/mol. The van der Waals surface area contributed by atoms with E-state index in [1.54, 1.807) is 6.26 Å². The number of nitrogens with zero attached hydrogens (tertiary/aromatic N) is 1. The molecule has 0 bridgehead atoms. The van der Waals surface area contributed by atoms with Crippen LogP contribution in [0.2, 0.25) is 0 Å². The van der Waals surface area contributed by atoms with Crippen LogP contribution in [-0.4, -0.2) is 37.0 Å². The van der Waals surface area contributed by atoms with E-state index in [1.807, 2.05) is 72.8 Å². The second-order valence-electron chi connectivity index (χ2n) is 7.94. The molecule has 3 aromatic rings. The Balaban J connectivity index is 1.37. The van der Waals surface area contributed by atoms with Crippen LogP contribution in [0.5, 0.6) is 0 Å². The van der Waals surface area contributed by atoms with E-state index in [2.05, 4.69) is 10.2 Å². The maximum atomic E-state index is 12.7. The number of rotatable bonds is 9. The average molecular weight is 419 g/mol. The second kappa shape index (κ2) is 10.9. The van der Waals surface area contributed by atoms with Crippen molar-refractivity contribution in [3.63, 3.8) is 0 Å². The van der Waals surface area contributed by atoms with Crippen LogP contribution in [-0.2, 0) is 9.53 Å². The fourth-order valence-corrected chi connectivity index (χ4v) is 4.18. The molecule has 1 aliphatic heterocycles. The van der Waals surface area contributed by atoms with Gasteiger partial charge in [0.05, 0.1) is 12.3 Å². The predicted molar refractivity (Wildman–Crippen MR) is 121 cm³/mol. The average Bonchev–Trinajstić information content (AvgIpc) is 3.36. The normalized spacial score (nSPS) is 15.6. The van der Waals surface area contributed by atoms with Crippen molar-refractivity contribution in [3.8, 4) is 0 Å². The third-order valence-electron chi connectivity index (χ3n) is 5.78. The molecule has 4 rings (SSSR count). The summed E-state index contributed by atoms with van der Waals surface area (Å²) in [5, 5.41) is 3.06. The summed E-state index contributed by atoms with van der Waals surface area (Å²) < 4.78 is 11.8. The van der Waals surface area contributed by atoms with E-state index >= 15 is 0 Å². The first-order valence-electron chi connectivity index (χ1n) is 11.1. The van der Waals surface area contributed by atoms with Gasteiger partial charge < -0.3 is 14.5 Å². The highest BCUT2D eigenvalue weighted by Gasteiger charge is 2.25. The number of likely N-dealkylation sites (tertiary alicyclic amines) is 1. The molecule has 5 nitrogen and oxygen atoms in total. The maximum Gasteiger partial charge on any atom is 0.246 e. The highest BCUT2D eigenvalue weighted by Crippen LogP contribution is 2.26. The summed E-state index contributed by atoms with van der Waals surface area (Å²) in [5.41, 5.74) is 2.06. The van der Waals surface area contributed by atoms with Crippen molar-refractivity contribution in [1.29, 1.82) is 0 Å². The summed E-state index contributed by atoms with van der Waals surface area (Å²) in [6, 6.07) is 24.0. The molecular weight excluding hydrogens is 388 g/mol. The number of nitrogens with one attached hydrogen (secondary N) is 1. The van der Waals surface area contributed by atoms with Crippen LogP contribution in [0.4, 0.5) is 0 Å². The van der Waals surface area contributed by atoms with Gasteiger partial charge in [-0.15, -0.1) is 0 Å². The van der Waals surface area contributed by atoms with Gasteiger partial charge >= 0.3 is 0 Å². The number of benzene rings is 2. The van der Waals surface area contributed by atoms with Crippen molar-refractivity contribution in [2.75, 3.05) is 26.2 Å². The smallest absolute Gasteiger partial charge is 0.246 e. The minimum atomic E-state index is -0.281. The molecule has 31 heavy (non-hydrogen) atoms. The summed E-state index contributed by atoms with van der Waals surface area (Å²) in [6.45, 7) is 2.57. The Labute approximate surface area is 184 Å². The van der Waals surface area contributed by atoms with Crippen molar-refractivity contribution >= 4 is 5.91 Å². The van der Waals surface area contributed by atoms with E-state index in [0.29, 0.717) is 6.54 Å². The third kappa shape index (κ3) is 5.84. The first-order valence-corrected chi connectivity index (χ1v) is 11.1. The highest BCUT2D eigenvalue weighted by molar-refractivity contribution is 5.77. The Kier molecular flexibility index (Phi) is 7.53. The third-order valence-corrected chi connectivity index (χ3v) is 5.78. The molecule has 5 heteroatoms. The second-order valence-corrected chi connectivity index (χ2v) is 7.94. The summed E-state index contributed by atoms with van der Waals surface area (Å²) in [6.07, 6.45) is 5.05. The van der Waals surface area contributed by atoms with Gasteiger partial charge in [-0.05, 0) is 49.2 Å². The van der Waals surface area contributed by atoms with Gasteiger partial charge in [0.25, 0.3) is 0 Å². The number of carbonyl (C=O) groups is 1. The van der Waals surface area contributed by atoms with Crippen LogP contribution in [0.3, 0.4) is 0 Å². The molecule has 1 aliphatic rings. The molecule has 2 heterocycles. The van der Waals surface area contributed by atoms with Gasteiger partial charge in [0.15, 0.2) is 0 Å². The predicted octanol–water partition coefficient (Wildman–Crippen LogP) is 4.73. The van der Waals surface area contributed by atoms with Crippen molar-refractivity contribution < 1.29 is 13.9 Å². The van der Waals surface area contributed by atoms with Gasteiger partial charge in [-0.1, -0.05) is 67.1 Å². The van der Waals surface area contributed by atoms with E-state index in [9.17, 15) is 4.79 Å². The largest absolute Gasteiger partial charge is 0.468 e. The number of piperidine rings is 1. The molecule has 1 atom stereocenters. The summed E-state index contributed by atoms with van der Waals surface area (Å²) in [5.74, 6) is 0.778. The van der Waals surface area contributed by atoms with Crippen LogP contribution >= 0.6 is 0 Å². The van der Waals surface area contributed by atoms with Crippen LogP contribution in [0.1, 0.15) is 48.3 Å². The van der Waals surface area contributed by atoms with Crippen molar-refractivity contribution in [2.45, 2.75) is 31.4 Å². The molecule has 0 aliphatic carbocycles. The Morgan fingerprint density at radius 2 is 1.55 bits per heavy atom. The Hall–Kier alpha value is -2.89. The van der Waals surface area contributed by atoms with Gasteiger partial charge in [-0.25, -0.2) is 0 Å². The fraction of sp³-hybridized carbons (Fsp3) is 0.346. The number of carbonyl (C=O) groups excluding carboxylic acids is 1. The van der Waals surface area contributed by atoms with Gasteiger partial charge in [-0.2, -0.15) is 0 Å². The fourth-order valence-electron chi connectivity index (χ4n) is 4.18. The van der Waals surface area contributed by atoms with Crippen LogP contribution < -0.4 is 5.32 Å². The summed E-state index contributed by atoms with van der Waals surface area (Å²) >= 11 is 0. The van der Waals surface area contributed by atoms with Gasteiger partial charge in [-0.3, -0.25) is 9.69 Å². The van der Waals surface area contributed by atoms with Gasteiger partial charge in [0.1, 0.15) is 18.5 Å². The van der Waals surface area contributed by atoms with Crippen molar-refractivity contribution in [2.24, 2.45) is 0 Å². The molecule has 2 aromatic carbocycles. The summed E-state index contributed by atoms with van der Waals surface area (Å²) in [7, 11) is 0. The number of ether oxygens (including phenoxy) is 1. The number of hydrogen-bond donors (Lipinski definition) is 1. The number of amides is 1. The molecule has 1 unspecified atom stereocenters. The Morgan fingerprint density at radius 1 is 0.903 bits per heavy atom. The van der Waals surface area contributed by atoms with E-state index in [4.69, 9.17) is 9.15 Å².